The summed E-state index contributed by atoms with van der Waals surface area (Å²) in [6.45, 7) is 5.73. The van der Waals surface area contributed by atoms with E-state index in [0.717, 1.165) is 16.1 Å². The zero-order valence-electron chi connectivity index (χ0n) is 11.9. The molecule has 0 fully saturated rings. The van der Waals surface area contributed by atoms with E-state index in [1.54, 1.807) is 13.1 Å². The number of H-pyrrole nitrogens is 1. The normalized spacial score (nSPS) is 10.4. The first kappa shape index (κ1) is 15.0. The average Bonchev–Trinajstić information content (AvgIpc) is 2.92. The lowest BCUT2D eigenvalue weighted by Crippen LogP contribution is -2.28. The number of carboxylic acids is 1. The van der Waals surface area contributed by atoms with Crippen LogP contribution in [0.3, 0.4) is 0 Å². The predicted molar refractivity (Wildman–Crippen MR) is 79.9 cm³/mol. The highest BCUT2D eigenvalue weighted by molar-refractivity contribution is 7.16. The summed E-state index contributed by atoms with van der Waals surface area (Å²) >= 11 is 1.25. The van der Waals surface area contributed by atoms with E-state index in [0.29, 0.717) is 17.1 Å². The van der Waals surface area contributed by atoms with Crippen LogP contribution in [0.25, 0.3) is 0 Å². The van der Waals surface area contributed by atoms with E-state index in [1.807, 2.05) is 13.8 Å². The molecule has 0 radical (unpaired) electrons. The number of nitrogens with one attached hydrogen (secondary N) is 3. The molecule has 0 atom stereocenters. The number of amides is 2. The van der Waals surface area contributed by atoms with Crippen LogP contribution in [0.15, 0.2) is 6.20 Å². The van der Waals surface area contributed by atoms with Crippen molar-refractivity contribution in [3.63, 3.8) is 0 Å². The lowest BCUT2D eigenvalue weighted by atomic mass is 10.1. The Balaban J connectivity index is 2.05. The second kappa shape index (κ2) is 5.96. The summed E-state index contributed by atoms with van der Waals surface area (Å²) in [6.07, 6.45) is 1.64. The van der Waals surface area contributed by atoms with E-state index in [2.05, 4.69) is 20.8 Å². The van der Waals surface area contributed by atoms with E-state index in [4.69, 9.17) is 0 Å². The fourth-order valence-electron chi connectivity index (χ4n) is 1.85. The van der Waals surface area contributed by atoms with Crippen LogP contribution in [0.4, 0.5) is 9.80 Å². The van der Waals surface area contributed by atoms with Gasteiger partial charge in [-0.2, -0.15) is 5.10 Å². The number of thiophene rings is 1. The van der Waals surface area contributed by atoms with Crippen molar-refractivity contribution < 1.29 is 14.7 Å². The summed E-state index contributed by atoms with van der Waals surface area (Å²) in [7, 11) is 0. The molecule has 21 heavy (non-hydrogen) atoms. The third kappa shape index (κ3) is 3.22. The summed E-state index contributed by atoms with van der Waals surface area (Å²) in [5.74, 6) is -1.04. The lowest BCUT2D eigenvalue weighted by Gasteiger charge is -2.06. The van der Waals surface area contributed by atoms with Crippen LogP contribution in [0.5, 0.6) is 0 Å². The molecule has 0 saturated heterocycles. The van der Waals surface area contributed by atoms with Gasteiger partial charge in [-0.3, -0.25) is 10.4 Å². The number of carbonyl (C=O) groups is 2. The van der Waals surface area contributed by atoms with E-state index >= 15 is 0 Å². The molecule has 0 unspecified atom stereocenters. The Bertz CT molecular complexity index is 690. The molecule has 2 aromatic rings. The number of aromatic amines is 1. The van der Waals surface area contributed by atoms with Crippen molar-refractivity contribution in [2.24, 2.45) is 0 Å². The molecule has 4 N–H and O–H groups in total. The quantitative estimate of drug-likeness (QED) is 0.695. The Kier molecular flexibility index (Phi) is 4.27. The van der Waals surface area contributed by atoms with Gasteiger partial charge in [0.25, 0.3) is 0 Å². The van der Waals surface area contributed by atoms with Gasteiger partial charge in [-0.15, -0.1) is 11.3 Å². The smallest absolute Gasteiger partial charge is 0.338 e. The SMILES string of the molecule is Cc1[nH]ncc1CNC(=O)Nc1sc(C)c(C)c1C(=O)O. The number of hydrogen-bond donors (Lipinski definition) is 4. The Labute approximate surface area is 125 Å². The molecule has 0 aliphatic carbocycles. The first-order valence-electron chi connectivity index (χ1n) is 6.27. The minimum atomic E-state index is -1.04. The molecule has 2 aromatic heterocycles. The summed E-state index contributed by atoms with van der Waals surface area (Å²) in [5, 5.41) is 21.5. The first-order chi connectivity index (χ1) is 9.90. The number of aryl methyl sites for hydroxylation is 2. The largest absolute Gasteiger partial charge is 0.478 e. The molecule has 2 amide bonds. The number of carbonyl (C=O) groups excluding carboxylic acids is 1. The van der Waals surface area contributed by atoms with Gasteiger partial charge in [0.15, 0.2) is 0 Å². The van der Waals surface area contributed by atoms with Crippen molar-refractivity contribution >= 4 is 28.3 Å². The van der Waals surface area contributed by atoms with Crippen molar-refractivity contribution in [1.29, 1.82) is 0 Å². The van der Waals surface area contributed by atoms with Crippen molar-refractivity contribution in [1.82, 2.24) is 15.5 Å². The number of rotatable bonds is 4. The van der Waals surface area contributed by atoms with Gasteiger partial charge in [0.1, 0.15) is 5.00 Å². The third-order valence-electron chi connectivity index (χ3n) is 3.20. The number of aromatic carboxylic acids is 1. The monoisotopic (exact) mass is 308 g/mol. The molecule has 8 heteroatoms. The highest BCUT2D eigenvalue weighted by atomic mass is 32.1. The van der Waals surface area contributed by atoms with Crippen molar-refractivity contribution in [3.05, 3.63) is 33.5 Å². The Morgan fingerprint density at radius 2 is 2.10 bits per heavy atom. The Morgan fingerprint density at radius 1 is 1.38 bits per heavy atom. The molecule has 112 valence electrons. The van der Waals surface area contributed by atoms with Crippen molar-refractivity contribution in [3.8, 4) is 0 Å². The van der Waals surface area contributed by atoms with E-state index in [9.17, 15) is 14.7 Å². The maximum atomic E-state index is 11.9. The molecular weight excluding hydrogens is 292 g/mol. The van der Waals surface area contributed by atoms with Crippen LogP contribution >= 0.6 is 11.3 Å². The predicted octanol–water partition coefficient (Wildman–Crippen LogP) is 2.42. The highest BCUT2D eigenvalue weighted by Gasteiger charge is 2.20. The first-order valence-corrected chi connectivity index (χ1v) is 7.08. The number of carboxylic acid groups (broad SMARTS) is 1. The van der Waals surface area contributed by atoms with Gasteiger partial charge in [-0.05, 0) is 26.3 Å². The number of urea groups is 1. The number of aromatic nitrogens is 2. The van der Waals surface area contributed by atoms with E-state index < -0.39 is 12.0 Å². The minimum absolute atomic E-state index is 0.146. The topological polar surface area (TPSA) is 107 Å². The van der Waals surface area contributed by atoms with Gasteiger partial charge in [0.2, 0.25) is 0 Å². The van der Waals surface area contributed by atoms with E-state index in [1.165, 1.54) is 11.3 Å². The van der Waals surface area contributed by atoms with Crippen LogP contribution in [-0.4, -0.2) is 27.3 Å². The molecule has 7 nitrogen and oxygen atoms in total. The van der Waals surface area contributed by atoms with Crippen LogP contribution < -0.4 is 10.6 Å². The van der Waals surface area contributed by atoms with Gasteiger partial charge in [-0.25, -0.2) is 9.59 Å². The number of anilines is 1. The molecule has 0 saturated carbocycles. The number of nitrogens with zero attached hydrogens (tertiary/aromatic N) is 1. The van der Waals surface area contributed by atoms with Gasteiger partial charge in [-0.1, -0.05) is 0 Å². The van der Waals surface area contributed by atoms with Crippen molar-refractivity contribution in [2.45, 2.75) is 27.3 Å². The fourth-order valence-corrected chi connectivity index (χ4v) is 2.90. The third-order valence-corrected chi connectivity index (χ3v) is 4.32. The molecule has 0 aromatic carbocycles. The van der Waals surface area contributed by atoms with Crippen LogP contribution in [0.2, 0.25) is 0 Å². The number of hydrogen-bond acceptors (Lipinski definition) is 4. The van der Waals surface area contributed by atoms with Crippen LogP contribution in [-0.2, 0) is 6.54 Å². The second-order valence-corrected chi connectivity index (χ2v) is 5.85. The zero-order chi connectivity index (χ0) is 15.6. The standard InChI is InChI=1S/C13H16N4O3S/c1-6-8(3)21-11(10(6)12(18)19)16-13(20)14-4-9-5-15-17-7(9)2/h5H,4H2,1-3H3,(H,15,17)(H,18,19)(H2,14,16,20). The molecule has 0 aliphatic rings. The Morgan fingerprint density at radius 3 is 2.67 bits per heavy atom. The fraction of sp³-hybridized carbons (Fsp3) is 0.308. The van der Waals surface area contributed by atoms with Crippen molar-refractivity contribution in [2.75, 3.05) is 5.32 Å². The zero-order valence-corrected chi connectivity index (χ0v) is 12.7. The molecular formula is C13H16N4O3S. The van der Waals surface area contributed by atoms with Gasteiger partial charge in [0.05, 0.1) is 11.8 Å². The molecule has 2 heterocycles. The lowest BCUT2D eigenvalue weighted by molar-refractivity contribution is 0.0697. The molecule has 0 bridgehead atoms. The summed E-state index contributed by atoms with van der Waals surface area (Å²) < 4.78 is 0. The Hall–Kier alpha value is -2.35. The molecule has 2 rings (SSSR count). The van der Waals surface area contributed by atoms with Crippen LogP contribution in [0, 0.1) is 20.8 Å². The molecule has 0 spiro atoms. The van der Waals surface area contributed by atoms with Gasteiger partial charge in [0, 0.05) is 22.7 Å². The van der Waals surface area contributed by atoms with Gasteiger partial charge >= 0.3 is 12.0 Å². The summed E-state index contributed by atoms with van der Waals surface area (Å²) in [4.78, 5) is 24.0. The summed E-state index contributed by atoms with van der Waals surface area (Å²) in [6, 6.07) is -0.445. The minimum Gasteiger partial charge on any atom is -0.478 e. The van der Waals surface area contributed by atoms with Gasteiger partial charge < -0.3 is 10.4 Å². The van der Waals surface area contributed by atoms with E-state index in [-0.39, 0.29) is 5.56 Å². The van der Waals surface area contributed by atoms with Crippen LogP contribution in [0.1, 0.15) is 32.1 Å². The second-order valence-electron chi connectivity index (χ2n) is 4.62. The summed E-state index contributed by atoms with van der Waals surface area (Å²) in [5.41, 5.74) is 2.58. The average molecular weight is 308 g/mol. The highest BCUT2D eigenvalue weighted by Crippen LogP contribution is 2.32. The maximum absolute atomic E-state index is 11.9. The maximum Gasteiger partial charge on any atom is 0.338 e. The molecule has 0 aliphatic heterocycles.